The van der Waals surface area contributed by atoms with Crippen molar-refractivity contribution in [3.05, 3.63) is 173 Å². The van der Waals surface area contributed by atoms with Gasteiger partial charge in [0.2, 0.25) is 70.9 Å². The minimum atomic E-state index is -1.63. The van der Waals surface area contributed by atoms with E-state index < -0.39 is 193 Å². The lowest BCUT2D eigenvalue weighted by molar-refractivity contribution is -0.143. The maximum Gasteiger partial charge on any atom is 0.326 e. The second kappa shape index (κ2) is 49.3. The molecule has 0 unspecified atom stereocenters. The van der Waals surface area contributed by atoms with Crippen molar-refractivity contribution in [2.24, 2.45) is 35.0 Å². The number of carbonyl (C=O) groups excluding carboxylic acids is 12. The molecule has 0 radical (unpaired) electrons. The van der Waals surface area contributed by atoms with Crippen LogP contribution in [-0.4, -0.2) is 197 Å². The molecule has 5 rings (SSSR count). The van der Waals surface area contributed by atoms with Gasteiger partial charge in [0.25, 0.3) is 0 Å². The van der Waals surface area contributed by atoms with E-state index in [0.29, 0.717) is 34.2 Å². The number of phenols is 1. The molecule has 23 N–H and O–H groups in total. The van der Waals surface area contributed by atoms with Crippen molar-refractivity contribution in [2.75, 3.05) is 26.2 Å². The Balaban J connectivity index is 1.37. The zero-order valence-electron chi connectivity index (χ0n) is 66.2. The van der Waals surface area contributed by atoms with E-state index in [-0.39, 0.29) is 89.0 Å². The summed E-state index contributed by atoms with van der Waals surface area (Å²) in [7, 11) is 0. The highest BCUT2D eigenvalue weighted by molar-refractivity contribution is 5.99. The van der Waals surface area contributed by atoms with E-state index in [2.05, 4.69) is 69.1 Å². The number of hydrogen-bond donors (Lipinski definition) is 20. The minimum absolute atomic E-state index is 0.0312. The number of carboxylic acids is 2. The monoisotopic (exact) mass is 1610 g/mol. The normalized spacial score (nSPS) is 14.2. The fourth-order valence-electron chi connectivity index (χ4n) is 12.1. The Hall–Kier alpha value is -12.3. The quantitative estimate of drug-likeness (QED) is 0.0139. The van der Waals surface area contributed by atoms with E-state index in [0.717, 1.165) is 0 Å². The van der Waals surface area contributed by atoms with Crippen molar-refractivity contribution in [1.29, 1.82) is 5.41 Å². The SMILES string of the molecule is CC[C@H](C)[C@H](NC(=O)[C@@H](NC(=O)[C@H](Cc1ccc(O)cc1)NC(=O)CNC(=O)CNC(=O)[C@H](Cc1ccccc1)NC(=O)[C@@H](N)C(C)C)C(C)C)C(=O)N[C@@H](CCCNC(=N)N)C(=O)N[C@@H](CCCCN)C(=O)N[C@@H](Cc1ccccc1)C(=O)N[C@@H](Cc1ccccc1)C(=O)N[C@@H](CCC(=O)O)C(=O)N[C@@H](Cc1ccccc1)C(=O)O. The standard InChI is InChI=1S/C82H113N17O17/c1-7-50(6)70(99-79(113)69(49(4)5)98-77(111)61(44-55-33-35-56(100)36-34-55)90-66(102)47-88-65(101)46-89-71(105)60(41-51-23-12-8-13-24-51)96-78(112)68(84)48(2)3)80(114)93-58(32-22-40-87-82(85)86)72(106)91-57(31-20-21-39-83)73(107)94-63(43-53-27-16-10-17-28-53)76(110)95-62(42-52-25-14-9-15-26-52)75(109)92-59(37-38-67(103)104)74(108)97-64(81(115)116)45-54-29-18-11-19-30-54/h8-19,23-30,33-36,48-50,57-64,68-70,100H,7,20-22,31-32,37-47,83-84H2,1-6H3,(H,88,101)(H,89,105)(H,90,102)(H,91,106)(H,92,109)(H,93,114)(H,94,107)(H,95,110)(H,96,112)(H,97,108)(H,98,111)(H,99,113)(H,103,104)(H,115,116)(H4,85,86,87)/t50-,57-,58-,59-,60-,61-,62-,63-,64-,68-,69-,70-/m0/s1. The Labute approximate surface area is 674 Å². The number of benzene rings is 5. The third-order valence-corrected chi connectivity index (χ3v) is 19.1. The fraction of sp³-hybridized carbons (Fsp3) is 0.451. The zero-order chi connectivity index (χ0) is 85.4. The summed E-state index contributed by atoms with van der Waals surface area (Å²) in [5.41, 5.74) is 20.4. The van der Waals surface area contributed by atoms with Gasteiger partial charge in [-0.1, -0.05) is 181 Å². The molecule has 0 aliphatic rings. The molecule has 0 bridgehead atoms. The summed E-state index contributed by atoms with van der Waals surface area (Å²) < 4.78 is 0. The third-order valence-electron chi connectivity index (χ3n) is 19.1. The number of rotatable bonds is 50. The highest BCUT2D eigenvalue weighted by atomic mass is 16.4. The molecule has 0 aliphatic carbocycles. The summed E-state index contributed by atoms with van der Waals surface area (Å²) in [6.07, 6.45) is -1.11. The largest absolute Gasteiger partial charge is 0.508 e. The van der Waals surface area contributed by atoms with Gasteiger partial charge >= 0.3 is 11.9 Å². The second-order valence-corrected chi connectivity index (χ2v) is 29.1. The van der Waals surface area contributed by atoms with Crippen molar-refractivity contribution in [3.8, 4) is 5.75 Å². The van der Waals surface area contributed by atoms with Crippen molar-refractivity contribution in [3.63, 3.8) is 0 Å². The average molecular weight is 1610 g/mol. The number of hydrogen-bond acceptors (Lipinski definition) is 18. The van der Waals surface area contributed by atoms with Crippen LogP contribution in [0.1, 0.15) is 121 Å². The van der Waals surface area contributed by atoms with Crippen LogP contribution in [0, 0.1) is 23.2 Å². The molecule has 0 saturated carbocycles. The van der Waals surface area contributed by atoms with Crippen molar-refractivity contribution in [2.45, 2.75) is 191 Å². The molecule has 12 atom stereocenters. The molecule has 0 heterocycles. The number of aromatic hydroxyl groups is 1. The first kappa shape index (κ1) is 94.3. The van der Waals surface area contributed by atoms with E-state index in [1.807, 2.05) is 0 Å². The average Bonchev–Trinajstić information content (AvgIpc) is 0.831. The van der Waals surface area contributed by atoms with Gasteiger partial charge in [-0.2, -0.15) is 0 Å². The first-order valence-electron chi connectivity index (χ1n) is 38.7. The molecule has 5 aromatic rings. The lowest BCUT2D eigenvalue weighted by atomic mass is 9.95. The molecule has 0 spiro atoms. The van der Waals surface area contributed by atoms with Gasteiger partial charge in [0.05, 0.1) is 19.1 Å². The van der Waals surface area contributed by atoms with Crippen molar-refractivity contribution >= 4 is 88.8 Å². The van der Waals surface area contributed by atoms with E-state index in [9.17, 15) is 82.4 Å². The number of nitrogens with two attached hydrogens (primary N) is 3. The molecule has 0 aliphatic heterocycles. The predicted molar refractivity (Wildman–Crippen MR) is 431 cm³/mol. The molecular weight excluding hydrogens is 1500 g/mol. The topological polar surface area (TPSA) is 558 Å². The van der Waals surface area contributed by atoms with Crippen LogP contribution in [0.4, 0.5) is 0 Å². The molecule has 0 saturated heterocycles. The lowest BCUT2D eigenvalue weighted by Crippen LogP contribution is -2.62. The number of phenolic OH excluding ortho intramolecular Hbond substituents is 1. The number of guanidine groups is 1. The first-order chi connectivity index (χ1) is 55.2. The summed E-state index contributed by atoms with van der Waals surface area (Å²) in [6.45, 7) is 8.99. The Kier molecular flexibility index (Phi) is 40.1. The number of amides is 12. The Morgan fingerprint density at radius 2 is 0.741 bits per heavy atom. The summed E-state index contributed by atoms with van der Waals surface area (Å²) in [5.74, 6) is -15.1. The first-order valence-corrected chi connectivity index (χ1v) is 38.7. The number of unbranched alkanes of at least 4 members (excludes halogenated alkanes) is 1. The minimum Gasteiger partial charge on any atom is -0.508 e. The van der Waals surface area contributed by atoms with Crippen molar-refractivity contribution in [1.82, 2.24) is 69.1 Å². The van der Waals surface area contributed by atoms with Gasteiger partial charge < -0.3 is 102 Å². The maximum absolute atomic E-state index is 15.0. The number of aliphatic carboxylic acids is 2. The molecule has 34 heteroatoms. The van der Waals surface area contributed by atoms with Gasteiger partial charge in [-0.25, -0.2) is 4.79 Å². The van der Waals surface area contributed by atoms with Crippen LogP contribution in [0.25, 0.3) is 0 Å². The predicted octanol–water partition coefficient (Wildman–Crippen LogP) is 0.0130. The van der Waals surface area contributed by atoms with Crippen LogP contribution in [0.15, 0.2) is 146 Å². The van der Waals surface area contributed by atoms with E-state index in [4.69, 9.17) is 22.6 Å². The third kappa shape index (κ3) is 33.8. The van der Waals surface area contributed by atoms with E-state index in [1.54, 1.807) is 163 Å². The number of carbonyl (C=O) groups is 14. The Bertz CT molecular complexity index is 4070. The van der Waals surface area contributed by atoms with Gasteiger partial charge in [0.15, 0.2) is 5.96 Å². The summed E-state index contributed by atoms with van der Waals surface area (Å²) in [6, 6.07) is 24.3. The lowest BCUT2D eigenvalue weighted by Gasteiger charge is -2.31. The maximum atomic E-state index is 15.0. The van der Waals surface area contributed by atoms with E-state index in [1.165, 1.54) is 24.3 Å². The van der Waals surface area contributed by atoms with Gasteiger partial charge in [-0.3, -0.25) is 67.7 Å². The zero-order valence-corrected chi connectivity index (χ0v) is 66.2. The van der Waals surface area contributed by atoms with Crippen LogP contribution in [0.2, 0.25) is 0 Å². The van der Waals surface area contributed by atoms with Crippen molar-refractivity contribution < 1.29 is 82.4 Å². The molecular formula is C82H113N17O17. The van der Waals surface area contributed by atoms with E-state index >= 15 is 0 Å². The molecule has 5 aromatic carbocycles. The van der Waals surface area contributed by atoms with Crippen LogP contribution < -0.4 is 86.3 Å². The Morgan fingerprint density at radius 1 is 0.379 bits per heavy atom. The van der Waals surface area contributed by atoms with Crippen LogP contribution >= 0.6 is 0 Å². The molecule has 34 nitrogen and oxygen atoms in total. The second-order valence-electron chi connectivity index (χ2n) is 29.1. The van der Waals surface area contributed by atoms with Gasteiger partial charge in [0, 0.05) is 45.1 Å². The fourth-order valence-corrected chi connectivity index (χ4v) is 12.1. The summed E-state index contributed by atoms with van der Waals surface area (Å²) in [5, 5.41) is 71.8. The van der Waals surface area contributed by atoms with Gasteiger partial charge in [-0.15, -0.1) is 0 Å². The Morgan fingerprint density at radius 3 is 1.17 bits per heavy atom. The molecule has 0 fully saturated rings. The summed E-state index contributed by atoms with van der Waals surface area (Å²) >= 11 is 0. The highest BCUT2D eigenvalue weighted by Crippen LogP contribution is 2.18. The highest BCUT2D eigenvalue weighted by Gasteiger charge is 2.38. The van der Waals surface area contributed by atoms with Gasteiger partial charge in [0.1, 0.15) is 66.2 Å². The molecule has 0 aromatic heterocycles. The molecule has 116 heavy (non-hydrogen) atoms. The smallest absolute Gasteiger partial charge is 0.326 e. The molecule has 628 valence electrons. The molecule has 12 amide bonds. The van der Waals surface area contributed by atoms with Crippen LogP contribution in [0.3, 0.4) is 0 Å². The summed E-state index contributed by atoms with van der Waals surface area (Å²) in [4.78, 5) is 195. The number of nitrogens with one attached hydrogen (secondary N) is 14. The van der Waals surface area contributed by atoms with Crippen LogP contribution in [-0.2, 0) is 99.2 Å². The van der Waals surface area contributed by atoms with Gasteiger partial charge in [-0.05, 0) is 103 Å². The van der Waals surface area contributed by atoms with Crippen LogP contribution in [0.5, 0.6) is 5.75 Å². The number of carboxylic acid groups (broad SMARTS) is 2.